The van der Waals surface area contributed by atoms with Gasteiger partial charge >= 0.3 is 5.63 Å². The number of halogens is 1. The molecule has 0 aliphatic carbocycles. The van der Waals surface area contributed by atoms with Crippen LogP contribution in [0.4, 0.5) is 4.39 Å². The number of nitrogens with one attached hydrogen (secondary N) is 1. The predicted molar refractivity (Wildman–Crippen MR) is 80.3 cm³/mol. The lowest BCUT2D eigenvalue weighted by Crippen LogP contribution is -2.22. The summed E-state index contributed by atoms with van der Waals surface area (Å²) in [6, 6.07) is 5.34. The smallest absolute Gasteiger partial charge is 0.348 e. The predicted octanol–water partition coefficient (Wildman–Crippen LogP) is 1.50. The van der Waals surface area contributed by atoms with Gasteiger partial charge in [-0.3, -0.25) is 0 Å². The van der Waals surface area contributed by atoms with Gasteiger partial charge in [-0.1, -0.05) is 0 Å². The molecule has 1 aromatic heterocycles. The van der Waals surface area contributed by atoms with Gasteiger partial charge in [0.05, 0.1) is 10.6 Å². The number of hydrogen-bond acceptors (Lipinski definition) is 6. The molecule has 0 fully saturated rings. The van der Waals surface area contributed by atoms with E-state index in [9.17, 15) is 22.7 Å². The molecular weight excluding hydrogens is 327 g/mol. The maximum atomic E-state index is 12.8. The van der Waals surface area contributed by atoms with Crippen molar-refractivity contribution in [1.29, 1.82) is 0 Å². The zero-order valence-electron chi connectivity index (χ0n) is 12.2. The molecule has 1 heterocycles. The van der Waals surface area contributed by atoms with Gasteiger partial charge in [-0.15, -0.1) is 0 Å². The summed E-state index contributed by atoms with van der Waals surface area (Å²) in [5.74, 6) is -0.747. The van der Waals surface area contributed by atoms with Crippen molar-refractivity contribution in [2.45, 2.75) is 18.7 Å². The second-order valence-corrected chi connectivity index (χ2v) is 6.31. The third kappa shape index (κ3) is 3.75. The number of aromatic hydroxyl groups is 1. The Balaban J connectivity index is 2.33. The van der Waals surface area contributed by atoms with E-state index in [1.54, 1.807) is 0 Å². The van der Waals surface area contributed by atoms with Crippen LogP contribution in [0.3, 0.4) is 0 Å². The summed E-state index contributed by atoms with van der Waals surface area (Å²) >= 11 is 0. The van der Waals surface area contributed by atoms with Gasteiger partial charge in [0.1, 0.15) is 22.9 Å². The molecular formula is C14H13FN2O5S. The first-order valence-corrected chi connectivity index (χ1v) is 7.85. The summed E-state index contributed by atoms with van der Waals surface area (Å²) in [6.45, 7) is 2.81. The average molecular weight is 340 g/mol. The number of hydrogen-bond donors (Lipinski definition) is 2. The summed E-state index contributed by atoms with van der Waals surface area (Å²) in [4.78, 5) is 13.4. The Morgan fingerprint density at radius 2 is 1.91 bits per heavy atom. The molecule has 2 N–H and O–H groups in total. The van der Waals surface area contributed by atoms with E-state index in [-0.39, 0.29) is 27.7 Å². The molecule has 0 unspecified atom stereocenters. The van der Waals surface area contributed by atoms with Gasteiger partial charge in [-0.25, -0.2) is 9.18 Å². The van der Waals surface area contributed by atoms with Gasteiger partial charge in [0.2, 0.25) is 0 Å². The maximum Gasteiger partial charge on any atom is 0.348 e. The van der Waals surface area contributed by atoms with Crippen LogP contribution in [0.15, 0.2) is 49.5 Å². The molecule has 0 saturated heterocycles. The molecule has 1 aromatic carbocycles. The van der Waals surface area contributed by atoms with Crippen LogP contribution in [0.25, 0.3) is 0 Å². The Labute approximate surface area is 131 Å². The van der Waals surface area contributed by atoms with E-state index in [1.165, 1.54) is 19.9 Å². The summed E-state index contributed by atoms with van der Waals surface area (Å²) < 4.78 is 41.6. The van der Waals surface area contributed by atoms with Crippen LogP contribution in [0.5, 0.6) is 5.75 Å². The molecule has 0 amide bonds. The minimum atomic E-state index is -4.03. The number of rotatable bonds is 4. The molecule has 7 nitrogen and oxygen atoms in total. The quantitative estimate of drug-likeness (QED) is 0.647. The first kappa shape index (κ1) is 16.7. The number of aryl methyl sites for hydroxylation is 1. The monoisotopic (exact) mass is 340 g/mol. The van der Waals surface area contributed by atoms with Crippen molar-refractivity contribution in [1.82, 2.24) is 4.83 Å². The number of nitrogens with zero attached hydrogens (tertiary/aromatic N) is 1. The fraction of sp³-hybridized carbons (Fsp3) is 0.143. The van der Waals surface area contributed by atoms with Crippen LogP contribution >= 0.6 is 0 Å². The second kappa shape index (κ2) is 6.21. The van der Waals surface area contributed by atoms with Crippen molar-refractivity contribution in [2.24, 2.45) is 5.10 Å². The van der Waals surface area contributed by atoms with Crippen molar-refractivity contribution < 1.29 is 22.3 Å². The van der Waals surface area contributed by atoms with Crippen LogP contribution in [0.2, 0.25) is 0 Å². The highest BCUT2D eigenvalue weighted by Gasteiger charge is 2.16. The zero-order valence-corrected chi connectivity index (χ0v) is 13.0. The first-order valence-electron chi connectivity index (χ1n) is 6.36. The Morgan fingerprint density at radius 1 is 1.30 bits per heavy atom. The van der Waals surface area contributed by atoms with Crippen molar-refractivity contribution in [3.8, 4) is 5.75 Å². The fourth-order valence-electron chi connectivity index (χ4n) is 1.78. The number of benzene rings is 1. The van der Waals surface area contributed by atoms with Gasteiger partial charge in [-0.05, 0) is 38.1 Å². The molecule has 23 heavy (non-hydrogen) atoms. The highest BCUT2D eigenvalue weighted by molar-refractivity contribution is 7.89. The van der Waals surface area contributed by atoms with Crippen LogP contribution in [0, 0.1) is 12.7 Å². The lowest BCUT2D eigenvalue weighted by Gasteiger charge is -2.06. The molecule has 0 spiro atoms. The van der Waals surface area contributed by atoms with Crippen molar-refractivity contribution in [2.75, 3.05) is 0 Å². The molecule has 0 bridgehead atoms. The standard InChI is InChI=1S/C14H13FN2O5S/c1-8-7-12(18)13(14(19)22-8)9(2)16-17-23(20,21)11-5-3-10(15)4-6-11/h3-7,17-18H,1-2H3/b16-9-. The molecule has 2 rings (SSSR count). The van der Waals surface area contributed by atoms with Crippen molar-refractivity contribution in [3.05, 3.63) is 57.9 Å². The third-order valence-electron chi connectivity index (χ3n) is 2.87. The van der Waals surface area contributed by atoms with Crippen molar-refractivity contribution >= 4 is 15.7 Å². The molecule has 0 aliphatic heterocycles. The average Bonchev–Trinajstić information content (AvgIpc) is 2.44. The Morgan fingerprint density at radius 3 is 2.48 bits per heavy atom. The lowest BCUT2D eigenvalue weighted by molar-refractivity contribution is 0.432. The summed E-state index contributed by atoms with van der Waals surface area (Å²) in [5, 5.41) is 13.3. The highest BCUT2D eigenvalue weighted by Crippen LogP contribution is 2.15. The summed E-state index contributed by atoms with van der Waals surface area (Å²) in [7, 11) is -4.03. The summed E-state index contributed by atoms with van der Waals surface area (Å²) in [6.07, 6.45) is 0. The van der Waals surface area contributed by atoms with Crippen LogP contribution in [0.1, 0.15) is 18.2 Å². The molecule has 2 aromatic rings. The van der Waals surface area contributed by atoms with E-state index < -0.39 is 21.5 Å². The molecule has 9 heteroatoms. The molecule has 0 saturated carbocycles. The largest absolute Gasteiger partial charge is 0.507 e. The first-order chi connectivity index (χ1) is 10.7. The van der Waals surface area contributed by atoms with E-state index >= 15 is 0 Å². The Hall–Kier alpha value is -2.68. The normalized spacial score (nSPS) is 12.2. The van der Waals surface area contributed by atoms with E-state index in [4.69, 9.17) is 4.42 Å². The fourth-order valence-corrected chi connectivity index (χ4v) is 2.64. The molecule has 0 atom stereocenters. The molecule has 122 valence electrons. The van der Waals surface area contributed by atoms with Gasteiger partial charge in [-0.2, -0.15) is 18.4 Å². The highest BCUT2D eigenvalue weighted by atomic mass is 32.2. The van der Waals surface area contributed by atoms with E-state index in [1.807, 2.05) is 4.83 Å². The van der Waals surface area contributed by atoms with E-state index in [2.05, 4.69) is 5.10 Å². The third-order valence-corrected chi connectivity index (χ3v) is 4.10. The van der Waals surface area contributed by atoms with Gasteiger partial charge in [0.15, 0.2) is 0 Å². The summed E-state index contributed by atoms with van der Waals surface area (Å²) in [5.41, 5.74) is -1.18. The minimum Gasteiger partial charge on any atom is -0.507 e. The minimum absolute atomic E-state index is 0.0815. The van der Waals surface area contributed by atoms with E-state index in [0.29, 0.717) is 0 Å². The maximum absolute atomic E-state index is 12.8. The topological polar surface area (TPSA) is 109 Å². The van der Waals surface area contributed by atoms with Crippen molar-refractivity contribution in [3.63, 3.8) is 0 Å². The van der Waals surface area contributed by atoms with Gasteiger partial charge in [0, 0.05) is 6.07 Å². The zero-order chi connectivity index (χ0) is 17.2. The number of sulfonamides is 1. The Kier molecular flexibility index (Phi) is 4.50. The Bertz CT molecular complexity index is 917. The molecule has 0 aliphatic rings. The SMILES string of the molecule is C/C(=N/NS(=O)(=O)c1ccc(F)cc1)c1c(O)cc(C)oc1=O. The van der Waals surface area contributed by atoms with Gasteiger partial charge in [0.25, 0.3) is 10.0 Å². The lowest BCUT2D eigenvalue weighted by atomic mass is 10.2. The van der Waals surface area contributed by atoms with Crippen LogP contribution in [-0.2, 0) is 10.0 Å². The van der Waals surface area contributed by atoms with E-state index in [0.717, 1.165) is 24.3 Å². The van der Waals surface area contributed by atoms with Crippen LogP contribution < -0.4 is 10.5 Å². The molecule has 0 radical (unpaired) electrons. The number of hydrazone groups is 1. The second-order valence-electron chi connectivity index (χ2n) is 4.65. The van der Waals surface area contributed by atoms with Gasteiger partial charge < -0.3 is 9.52 Å². The van der Waals surface area contributed by atoms with Crippen LogP contribution in [-0.4, -0.2) is 19.2 Å².